The van der Waals surface area contributed by atoms with Crippen LogP contribution in [0.25, 0.3) is 0 Å². The first-order chi connectivity index (χ1) is 11.1. The van der Waals surface area contributed by atoms with E-state index in [2.05, 4.69) is 38.8 Å². The molecule has 1 heterocycles. The van der Waals surface area contributed by atoms with Gasteiger partial charge in [0.15, 0.2) is 5.82 Å². The van der Waals surface area contributed by atoms with Gasteiger partial charge in [-0.05, 0) is 49.7 Å². The quantitative estimate of drug-likeness (QED) is 0.732. The summed E-state index contributed by atoms with van der Waals surface area (Å²) in [4.78, 5) is 4.42. The van der Waals surface area contributed by atoms with Gasteiger partial charge in [0, 0.05) is 16.4 Å². The molecule has 0 amide bonds. The van der Waals surface area contributed by atoms with E-state index < -0.39 is 0 Å². The number of nitrogens with zero attached hydrogens (tertiary/aromatic N) is 3. The Morgan fingerprint density at radius 3 is 2.48 bits per heavy atom. The maximum atomic E-state index is 5.88. The molecule has 2 aromatic carbocycles. The molecule has 0 aliphatic rings. The number of nitrogens with one attached hydrogen (secondary N) is 2. The van der Waals surface area contributed by atoms with E-state index in [9.17, 15) is 0 Å². The van der Waals surface area contributed by atoms with E-state index in [0.717, 1.165) is 16.9 Å². The van der Waals surface area contributed by atoms with Gasteiger partial charge in [-0.15, -0.1) is 5.10 Å². The lowest BCUT2D eigenvalue weighted by molar-refractivity contribution is 0.981. The zero-order valence-electron chi connectivity index (χ0n) is 12.8. The Hall–Kier alpha value is -2.66. The highest BCUT2D eigenvalue weighted by Crippen LogP contribution is 2.21. The van der Waals surface area contributed by atoms with E-state index in [-0.39, 0.29) is 0 Å². The van der Waals surface area contributed by atoms with Gasteiger partial charge in [0.05, 0.1) is 6.20 Å². The fraction of sp³-hybridized carbons (Fsp3) is 0.118. The zero-order valence-corrected chi connectivity index (χ0v) is 13.6. The molecule has 0 radical (unpaired) electrons. The molecular weight excluding hydrogens is 310 g/mol. The molecule has 23 heavy (non-hydrogen) atoms. The van der Waals surface area contributed by atoms with Crippen molar-refractivity contribution >= 4 is 34.7 Å². The van der Waals surface area contributed by atoms with Gasteiger partial charge in [-0.1, -0.05) is 29.3 Å². The normalized spacial score (nSPS) is 10.4. The Kier molecular flexibility index (Phi) is 4.39. The molecule has 2 N–H and O–H groups in total. The molecular formula is C17H16ClN5. The third kappa shape index (κ3) is 3.96. The maximum Gasteiger partial charge on any atom is 0.249 e. The van der Waals surface area contributed by atoms with Crippen molar-refractivity contribution in [3.63, 3.8) is 0 Å². The Labute approximate surface area is 139 Å². The van der Waals surface area contributed by atoms with Crippen LogP contribution in [0, 0.1) is 13.8 Å². The van der Waals surface area contributed by atoms with Crippen molar-refractivity contribution in [2.45, 2.75) is 13.8 Å². The third-order valence-electron chi connectivity index (χ3n) is 3.30. The van der Waals surface area contributed by atoms with Crippen molar-refractivity contribution in [3.05, 3.63) is 64.8 Å². The summed E-state index contributed by atoms with van der Waals surface area (Å²) in [5.41, 5.74) is 4.18. The van der Waals surface area contributed by atoms with Crippen LogP contribution in [-0.2, 0) is 0 Å². The molecule has 3 aromatic rings. The van der Waals surface area contributed by atoms with E-state index in [1.165, 1.54) is 5.56 Å². The monoisotopic (exact) mass is 325 g/mol. The van der Waals surface area contributed by atoms with Crippen LogP contribution in [0.2, 0.25) is 5.02 Å². The molecule has 0 unspecified atom stereocenters. The molecule has 0 saturated heterocycles. The standard InChI is InChI=1S/C17H16ClN5/c1-11-3-8-15(12(2)9-11)21-17-22-16(10-19-23-17)20-14-6-4-13(18)5-7-14/h3-10H,1-2H3,(H2,20,21,22,23). The van der Waals surface area contributed by atoms with Gasteiger partial charge in [-0.25, -0.2) is 0 Å². The number of halogens is 1. The smallest absolute Gasteiger partial charge is 0.249 e. The number of aromatic nitrogens is 3. The molecule has 6 heteroatoms. The van der Waals surface area contributed by atoms with Gasteiger partial charge in [0.1, 0.15) is 0 Å². The van der Waals surface area contributed by atoms with Crippen LogP contribution < -0.4 is 10.6 Å². The SMILES string of the molecule is Cc1ccc(Nc2nncc(Nc3ccc(Cl)cc3)n2)c(C)c1. The Morgan fingerprint density at radius 1 is 0.957 bits per heavy atom. The third-order valence-corrected chi connectivity index (χ3v) is 3.56. The van der Waals surface area contributed by atoms with E-state index in [4.69, 9.17) is 11.6 Å². The fourth-order valence-corrected chi connectivity index (χ4v) is 2.30. The van der Waals surface area contributed by atoms with E-state index in [0.29, 0.717) is 16.8 Å². The molecule has 116 valence electrons. The van der Waals surface area contributed by atoms with Crippen molar-refractivity contribution < 1.29 is 0 Å². The maximum absolute atomic E-state index is 5.88. The van der Waals surface area contributed by atoms with E-state index in [1.807, 2.05) is 43.3 Å². The number of benzene rings is 2. The Morgan fingerprint density at radius 2 is 1.74 bits per heavy atom. The van der Waals surface area contributed by atoms with Crippen LogP contribution in [0.1, 0.15) is 11.1 Å². The first-order valence-electron chi connectivity index (χ1n) is 7.17. The minimum atomic E-state index is 0.441. The van der Waals surface area contributed by atoms with Crippen LogP contribution in [0.3, 0.4) is 0 Å². The molecule has 1 aromatic heterocycles. The van der Waals surface area contributed by atoms with Crippen LogP contribution in [-0.4, -0.2) is 15.2 Å². The van der Waals surface area contributed by atoms with Crippen molar-refractivity contribution in [1.82, 2.24) is 15.2 Å². The van der Waals surface area contributed by atoms with E-state index in [1.54, 1.807) is 6.20 Å². The van der Waals surface area contributed by atoms with E-state index >= 15 is 0 Å². The molecule has 0 bridgehead atoms. The first kappa shape index (κ1) is 15.2. The molecule has 5 nitrogen and oxygen atoms in total. The largest absolute Gasteiger partial charge is 0.339 e. The van der Waals surface area contributed by atoms with Gasteiger partial charge in [-0.2, -0.15) is 10.1 Å². The number of aryl methyl sites for hydroxylation is 2. The van der Waals surface area contributed by atoms with Gasteiger partial charge in [0.2, 0.25) is 5.95 Å². The topological polar surface area (TPSA) is 62.7 Å². The minimum Gasteiger partial charge on any atom is -0.339 e. The average molecular weight is 326 g/mol. The van der Waals surface area contributed by atoms with Crippen LogP contribution in [0.4, 0.5) is 23.1 Å². The Balaban J connectivity index is 1.78. The minimum absolute atomic E-state index is 0.441. The number of hydrogen-bond acceptors (Lipinski definition) is 5. The van der Waals surface area contributed by atoms with Gasteiger partial charge >= 0.3 is 0 Å². The summed E-state index contributed by atoms with van der Waals surface area (Å²) < 4.78 is 0. The molecule has 0 aliphatic heterocycles. The van der Waals surface area contributed by atoms with Gasteiger partial charge in [0.25, 0.3) is 0 Å². The highest BCUT2D eigenvalue weighted by molar-refractivity contribution is 6.30. The number of rotatable bonds is 4. The molecule has 0 fully saturated rings. The molecule has 0 saturated carbocycles. The molecule has 0 aliphatic carbocycles. The molecule has 0 atom stereocenters. The second-order valence-electron chi connectivity index (χ2n) is 5.24. The summed E-state index contributed by atoms with van der Waals surface area (Å²) in [6.45, 7) is 4.10. The highest BCUT2D eigenvalue weighted by atomic mass is 35.5. The highest BCUT2D eigenvalue weighted by Gasteiger charge is 2.04. The fourth-order valence-electron chi connectivity index (χ4n) is 2.17. The van der Waals surface area contributed by atoms with Crippen molar-refractivity contribution in [2.24, 2.45) is 0 Å². The summed E-state index contributed by atoms with van der Waals surface area (Å²) in [6, 6.07) is 13.5. The van der Waals surface area contributed by atoms with Crippen molar-refractivity contribution in [2.75, 3.05) is 10.6 Å². The second-order valence-corrected chi connectivity index (χ2v) is 5.68. The van der Waals surface area contributed by atoms with Crippen LogP contribution in [0.5, 0.6) is 0 Å². The van der Waals surface area contributed by atoms with Gasteiger partial charge in [-0.3, -0.25) is 0 Å². The van der Waals surface area contributed by atoms with Crippen LogP contribution >= 0.6 is 11.6 Å². The zero-order chi connectivity index (χ0) is 16.2. The predicted octanol–water partition coefficient (Wildman–Crippen LogP) is 4.63. The number of anilines is 4. The molecule has 0 spiro atoms. The van der Waals surface area contributed by atoms with Crippen molar-refractivity contribution in [3.8, 4) is 0 Å². The summed E-state index contributed by atoms with van der Waals surface area (Å²) in [7, 11) is 0. The summed E-state index contributed by atoms with van der Waals surface area (Å²) >= 11 is 5.88. The van der Waals surface area contributed by atoms with Crippen molar-refractivity contribution in [1.29, 1.82) is 0 Å². The van der Waals surface area contributed by atoms with Gasteiger partial charge < -0.3 is 10.6 Å². The predicted molar refractivity (Wildman–Crippen MR) is 93.8 cm³/mol. The second kappa shape index (κ2) is 6.62. The first-order valence-corrected chi connectivity index (χ1v) is 7.54. The summed E-state index contributed by atoms with van der Waals surface area (Å²) in [5.74, 6) is 1.05. The Bertz CT molecular complexity index is 817. The van der Waals surface area contributed by atoms with Crippen LogP contribution in [0.15, 0.2) is 48.7 Å². The average Bonchev–Trinajstić information content (AvgIpc) is 2.53. The number of hydrogen-bond donors (Lipinski definition) is 2. The summed E-state index contributed by atoms with van der Waals surface area (Å²) in [6.07, 6.45) is 1.57. The summed E-state index contributed by atoms with van der Waals surface area (Å²) in [5, 5.41) is 15.0. The lowest BCUT2D eigenvalue weighted by atomic mass is 10.1. The lowest BCUT2D eigenvalue weighted by Gasteiger charge is -2.10. The molecule has 3 rings (SSSR count). The lowest BCUT2D eigenvalue weighted by Crippen LogP contribution is -2.03.